The molecule has 1 aromatic heterocycles. The van der Waals surface area contributed by atoms with Crippen molar-refractivity contribution in [1.29, 1.82) is 0 Å². The summed E-state index contributed by atoms with van der Waals surface area (Å²) >= 11 is 0. The highest BCUT2D eigenvalue weighted by atomic mass is 16.6. The van der Waals surface area contributed by atoms with Gasteiger partial charge in [0.15, 0.2) is 11.5 Å². The minimum atomic E-state index is -0.651. The highest BCUT2D eigenvalue weighted by molar-refractivity contribution is 5.48. The van der Waals surface area contributed by atoms with Gasteiger partial charge in [0.2, 0.25) is 0 Å². The zero-order valence-electron chi connectivity index (χ0n) is 12.1. The lowest BCUT2D eigenvalue weighted by atomic mass is 10.0. The lowest BCUT2D eigenvalue weighted by Gasteiger charge is -2.23. The summed E-state index contributed by atoms with van der Waals surface area (Å²) in [6.45, 7) is 3.16. The molecule has 3 rings (SSSR count). The fourth-order valence-electron chi connectivity index (χ4n) is 2.45. The zero-order valence-corrected chi connectivity index (χ0v) is 12.1. The lowest BCUT2D eigenvalue weighted by molar-refractivity contribution is 0.145. The van der Waals surface area contributed by atoms with Crippen LogP contribution >= 0.6 is 0 Å². The molecule has 1 aliphatic heterocycles. The van der Waals surface area contributed by atoms with Gasteiger partial charge in [0.25, 0.3) is 0 Å². The van der Waals surface area contributed by atoms with Crippen molar-refractivity contribution >= 4 is 0 Å². The molecule has 0 spiro atoms. The molecule has 0 saturated carbocycles. The molecule has 21 heavy (non-hydrogen) atoms. The minimum absolute atomic E-state index is 0.462. The molecular weight excluding hydrogens is 266 g/mol. The summed E-state index contributed by atoms with van der Waals surface area (Å²) in [5, 5.41) is 10.5. The molecule has 1 aliphatic rings. The van der Waals surface area contributed by atoms with Gasteiger partial charge < -0.3 is 14.6 Å². The summed E-state index contributed by atoms with van der Waals surface area (Å²) in [7, 11) is 0. The number of pyridine rings is 1. The van der Waals surface area contributed by atoms with Crippen molar-refractivity contribution in [3.8, 4) is 11.5 Å². The fraction of sp³-hybridized carbons (Fsp3) is 0.353. The first-order valence-electron chi connectivity index (χ1n) is 7.28. The van der Waals surface area contributed by atoms with Crippen LogP contribution in [-0.2, 0) is 12.8 Å². The van der Waals surface area contributed by atoms with Gasteiger partial charge in [-0.05, 0) is 24.1 Å². The van der Waals surface area contributed by atoms with E-state index >= 15 is 0 Å². The van der Waals surface area contributed by atoms with Crippen LogP contribution in [-0.4, -0.2) is 23.3 Å². The van der Waals surface area contributed by atoms with E-state index < -0.39 is 6.10 Å². The van der Waals surface area contributed by atoms with Crippen molar-refractivity contribution in [2.45, 2.75) is 25.9 Å². The number of fused-ring (bicyclic) bond motifs is 1. The van der Waals surface area contributed by atoms with Gasteiger partial charge in [-0.25, -0.2) is 0 Å². The number of para-hydroxylation sites is 1. The van der Waals surface area contributed by atoms with E-state index in [1.54, 1.807) is 0 Å². The second kappa shape index (κ2) is 6.14. The van der Waals surface area contributed by atoms with E-state index in [9.17, 15) is 5.11 Å². The van der Waals surface area contributed by atoms with Crippen LogP contribution in [0.2, 0.25) is 0 Å². The standard InChI is InChI=1S/C17H19NO3/c1-2-12-6-7-13(18-11-12)10-15(19)14-4-3-5-16-17(14)21-9-8-20-16/h3-7,11,15,19H,2,8-10H2,1H3. The Bertz CT molecular complexity index is 610. The van der Waals surface area contributed by atoms with E-state index in [1.807, 2.05) is 30.5 Å². The molecule has 0 aliphatic carbocycles. The van der Waals surface area contributed by atoms with Crippen LogP contribution in [0.3, 0.4) is 0 Å². The number of rotatable bonds is 4. The van der Waals surface area contributed by atoms with Crippen LogP contribution in [0.15, 0.2) is 36.5 Å². The third-order valence-corrected chi connectivity index (χ3v) is 3.65. The molecule has 4 heteroatoms. The third kappa shape index (κ3) is 3.00. The third-order valence-electron chi connectivity index (χ3n) is 3.65. The normalized spacial score (nSPS) is 14.8. The van der Waals surface area contributed by atoms with Gasteiger partial charge in [-0.15, -0.1) is 0 Å². The highest BCUT2D eigenvalue weighted by Gasteiger charge is 2.21. The summed E-state index contributed by atoms with van der Waals surface area (Å²) in [5.74, 6) is 1.36. The van der Waals surface area contributed by atoms with E-state index in [0.717, 1.165) is 17.7 Å². The molecule has 1 unspecified atom stereocenters. The Morgan fingerprint density at radius 1 is 1.19 bits per heavy atom. The van der Waals surface area contributed by atoms with Crippen LogP contribution in [0.4, 0.5) is 0 Å². The van der Waals surface area contributed by atoms with E-state index in [2.05, 4.69) is 18.0 Å². The number of benzene rings is 1. The predicted octanol–water partition coefficient (Wildman–Crippen LogP) is 2.69. The molecule has 1 aromatic carbocycles. The molecule has 0 saturated heterocycles. The van der Waals surface area contributed by atoms with Crippen molar-refractivity contribution in [2.75, 3.05) is 13.2 Å². The van der Waals surface area contributed by atoms with Gasteiger partial charge >= 0.3 is 0 Å². The van der Waals surface area contributed by atoms with Crippen molar-refractivity contribution < 1.29 is 14.6 Å². The van der Waals surface area contributed by atoms with Gasteiger partial charge in [-0.2, -0.15) is 0 Å². The lowest BCUT2D eigenvalue weighted by Crippen LogP contribution is -2.17. The van der Waals surface area contributed by atoms with Crippen LogP contribution in [0, 0.1) is 0 Å². The second-order valence-electron chi connectivity index (χ2n) is 5.10. The number of hydrogen-bond acceptors (Lipinski definition) is 4. The summed E-state index contributed by atoms with van der Waals surface area (Å²) in [4.78, 5) is 4.40. The molecule has 0 fully saturated rings. The average molecular weight is 285 g/mol. The van der Waals surface area contributed by atoms with Gasteiger partial charge in [0, 0.05) is 23.9 Å². The smallest absolute Gasteiger partial charge is 0.167 e. The number of aliphatic hydroxyl groups is 1. The molecule has 1 atom stereocenters. The second-order valence-corrected chi connectivity index (χ2v) is 5.10. The average Bonchev–Trinajstić information content (AvgIpc) is 2.55. The number of nitrogens with zero attached hydrogens (tertiary/aromatic N) is 1. The summed E-state index contributed by atoms with van der Waals surface area (Å²) < 4.78 is 11.2. The Morgan fingerprint density at radius 2 is 2.05 bits per heavy atom. The predicted molar refractivity (Wildman–Crippen MR) is 79.7 cm³/mol. The maximum atomic E-state index is 10.5. The number of aromatic nitrogens is 1. The van der Waals surface area contributed by atoms with E-state index in [0.29, 0.717) is 31.1 Å². The first kappa shape index (κ1) is 13.9. The molecule has 0 radical (unpaired) electrons. The molecule has 2 heterocycles. The Hall–Kier alpha value is -2.07. The maximum absolute atomic E-state index is 10.5. The highest BCUT2D eigenvalue weighted by Crippen LogP contribution is 2.37. The first-order valence-corrected chi connectivity index (χ1v) is 7.28. The van der Waals surface area contributed by atoms with Crippen LogP contribution in [0.1, 0.15) is 29.8 Å². The molecule has 1 N–H and O–H groups in total. The number of aryl methyl sites for hydroxylation is 1. The number of aliphatic hydroxyl groups excluding tert-OH is 1. The quantitative estimate of drug-likeness (QED) is 0.938. The van der Waals surface area contributed by atoms with E-state index in [-0.39, 0.29) is 0 Å². The maximum Gasteiger partial charge on any atom is 0.167 e. The molecule has 4 nitrogen and oxygen atoms in total. The van der Waals surface area contributed by atoms with Gasteiger partial charge in [-0.3, -0.25) is 4.98 Å². The molecule has 110 valence electrons. The van der Waals surface area contributed by atoms with Crippen LogP contribution in [0.25, 0.3) is 0 Å². The van der Waals surface area contributed by atoms with Crippen molar-refractivity contribution in [3.63, 3.8) is 0 Å². The largest absolute Gasteiger partial charge is 0.486 e. The van der Waals surface area contributed by atoms with E-state index in [4.69, 9.17) is 9.47 Å². The topological polar surface area (TPSA) is 51.6 Å². The molecule has 2 aromatic rings. The molecule has 0 bridgehead atoms. The summed E-state index contributed by atoms with van der Waals surface area (Å²) in [6.07, 6.45) is 2.64. The van der Waals surface area contributed by atoms with Crippen molar-refractivity contribution in [1.82, 2.24) is 4.98 Å². The van der Waals surface area contributed by atoms with Crippen molar-refractivity contribution in [2.24, 2.45) is 0 Å². The van der Waals surface area contributed by atoms with Crippen LogP contribution in [0.5, 0.6) is 11.5 Å². The molecular formula is C17H19NO3. The number of hydrogen-bond donors (Lipinski definition) is 1. The van der Waals surface area contributed by atoms with Gasteiger partial charge in [-0.1, -0.05) is 25.1 Å². The summed E-state index contributed by atoms with van der Waals surface area (Å²) in [6, 6.07) is 9.63. The SMILES string of the molecule is CCc1ccc(CC(O)c2cccc3c2OCCO3)nc1. The van der Waals surface area contributed by atoms with Crippen molar-refractivity contribution in [3.05, 3.63) is 53.3 Å². The summed E-state index contributed by atoms with van der Waals surface area (Å²) in [5.41, 5.74) is 2.82. The molecule has 0 amide bonds. The minimum Gasteiger partial charge on any atom is -0.486 e. The van der Waals surface area contributed by atoms with E-state index in [1.165, 1.54) is 5.56 Å². The number of ether oxygens (including phenoxy) is 2. The first-order chi connectivity index (χ1) is 10.3. The Kier molecular flexibility index (Phi) is 4.06. The van der Waals surface area contributed by atoms with Gasteiger partial charge in [0.05, 0.1) is 6.10 Å². The Balaban J connectivity index is 1.80. The Morgan fingerprint density at radius 3 is 2.81 bits per heavy atom. The van der Waals surface area contributed by atoms with Gasteiger partial charge in [0.1, 0.15) is 13.2 Å². The Labute approximate surface area is 124 Å². The zero-order chi connectivity index (χ0) is 14.7. The fourth-order valence-corrected chi connectivity index (χ4v) is 2.45. The monoisotopic (exact) mass is 285 g/mol. The van der Waals surface area contributed by atoms with Crippen LogP contribution < -0.4 is 9.47 Å².